The summed E-state index contributed by atoms with van der Waals surface area (Å²) in [7, 11) is 1.43. The number of nitrogens with zero attached hydrogens (tertiary/aromatic N) is 1. The summed E-state index contributed by atoms with van der Waals surface area (Å²) in [6.45, 7) is 1.42. The van der Waals surface area contributed by atoms with Crippen LogP contribution in [0.25, 0.3) is 22.5 Å². The molecule has 9 heteroatoms. The molecule has 33 heavy (non-hydrogen) atoms. The highest BCUT2D eigenvalue weighted by Crippen LogP contribution is 2.42. The third-order valence-electron chi connectivity index (χ3n) is 5.66. The van der Waals surface area contributed by atoms with Gasteiger partial charge in [-0.05, 0) is 35.0 Å². The van der Waals surface area contributed by atoms with Gasteiger partial charge < -0.3 is 29.2 Å². The van der Waals surface area contributed by atoms with E-state index in [1.165, 1.54) is 13.2 Å². The van der Waals surface area contributed by atoms with Crippen LogP contribution in [0.3, 0.4) is 0 Å². The first-order chi connectivity index (χ1) is 16.0. The molecule has 5 rings (SSSR count). The minimum atomic E-state index is -0.466. The largest absolute Gasteiger partial charge is 0.504 e. The lowest BCUT2D eigenvalue weighted by Gasteiger charge is -2.23. The molecule has 170 valence electrons. The van der Waals surface area contributed by atoms with Crippen molar-refractivity contribution in [3.8, 4) is 22.8 Å². The lowest BCUT2D eigenvalue weighted by atomic mass is 9.98. The van der Waals surface area contributed by atoms with E-state index in [1.807, 2.05) is 24.3 Å². The number of methoxy groups -OCH3 is 1. The van der Waals surface area contributed by atoms with Crippen molar-refractivity contribution in [3.63, 3.8) is 0 Å². The molecule has 2 aliphatic rings. The van der Waals surface area contributed by atoms with E-state index in [4.69, 9.17) is 30.3 Å². The first kappa shape index (κ1) is 21.4. The number of hydrogen-bond donors (Lipinski definition) is 2. The number of carbonyl (C=O) groups excluding carboxylic acids is 1. The summed E-state index contributed by atoms with van der Waals surface area (Å²) in [5.41, 5.74) is 2.64. The molecule has 0 aliphatic carbocycles. The number of nitrogens with one attached hydrogen (secondary N) is 1. The number of rotatable bonds is 5. The molecule has 0 saturated carbocycles. The maximum absolute atomic E-state index is 12.6. The Labute approximate surface area is 194 Å². The van der Waals surface area contributed by atoms with Gasteiger partial charge in [-0.15, -0.1) is 0 Å². The number of halogens is 1. The second-order valence-corrected chi connectivity index (χ2v) is 8.15. The van der Waals surface area contributed by atoms with Gasteiger partial charge in [0.1, 0.15) is 11.9 Å². The number of amides is 1. The zero-order valence-electron chi connectivity index (χ0n) is 17.8. The molecule has 2 N–H and O–H groups in total. The van der Waals surface area contributed by atoms with Crippen molar-refractivity contribution in [3.05, 3.63) is 58.8 Å². The Bertz CT molecular complexity index is 1230. The second kappa shape index (κ2) is 8.80. The molecule has 1 amide bonds. The summed E-state index contributed by atoms with van der Waals surface area (Å²) in [6, 6.07) is 12.5. The van der Waals surface area contributed by atoms with E-state index in [0.717, 1.165) is 24.2 Å². The van der Waals surface area contributed by atoms with Crippen molar-refractivity contribution in [1.29, 1.82) is 0 Å². The van der Waals surface area contributed by atoms with Crippen LogP contribution in [-0.4, -0.2) is 42.6 Å². The lowest BCUT2D eigenvalue weighted by Crippen LogP contribution is -2.25. The monoisotopic (exact) mass is 468 g/mol. The van der Waals surface area contributed by atoms with E-state index < -0.39 is 5.91 Å². The van der Waals surface area contributed by atoms with Crippen LogP contribution in [0, 0.1) is 0 Å². The van der Waals surface area contributed by atoms with Crippen LogP contribution < -0.4 is 14.8 Å². The van der Waals surface area contributed by atoms with Gasteiger partial charge in [0.25, 0.3) is 11.8 Å². The summed E-state index contributed by atoms with van der Waals surface area (Å²) < 4.78 is 21.5. The first-order valence-electron chi connectivity index (χ1n) is 10.5. The first-order valence-corrected chi connectivity index (χ1v) is 10.9. The van der Waals surface area contributed by atoms with E-state index in [9.17, 15) is 9.90 Å². The lowest BCUT2D eigenvalue weighted by molar-refractivity contribution is -0.110. The number of aromatic nitrogens is 1. The highest BCUT2D eigenvalue weighted by atomic mass is 35.5. The highest BCUT2D eigenvalue weighted by molar-refractivity contribution is 6.38. The third kappa shape index (κ3) is 4.15. The van der Waals surface area contributed by atoms with Crippen LogP contribution in [0.1, 0.15) is 24.2 Å². The molecular weight excluding hydrogens is 448 g/mol. The molecule has 1 aromatic heterocycles. The Morgan fingerprint density at radius 3 is 2.61 bits per heavy atom. The molecule has 0 spiro atoms. The summed E-state index contributed by atoms with van der Waals surface area (Å²) in [5, 5.41) is 17.6. The van der Waals surface area contributed by atoms with Gasteiger partial charge >= 0.3 is 0 Å². The summed E-state index contributed by atoms with van der Waals surface area (Å²) in [4.78, 5) is 12.6. The Balaban J connectivity index is 1.47. The van der Waals surface area contributed by atoms with Gasteiger partial charge in [0.15, 0.2) is 5.76 Å². The van der Waals surface area contributed by atoms with Gasteiger partial charge in [-0.2, -0.15) is 0 Å². The number of anilines is 1. The Morgan fingerprint density at radius 1 is 1.15 bits per heavy atom. The Hall–Kier alpha value is -3.49. The number of ether oxygens (including phenoxy) is 3. The zero-order valence-corrected chi connectivity index (χ0v) is 18.5. The van der Waals surface area contributed by atoms with Crippen molar-refractivity contribution in [2.45, 2.75) is 18.9 Å². The van der Waals surface area contributed by atoms with Gasteiger partial charge in [-0.1, -0.05) is 23.7 Å². The van der Waals surface area contributed by atoms with Crippen LogP contribution in [0.5, 0.6) is 11.6 Å². The second-order valence-electron chi connectivity index (χ2n) is 7.74. The van der Waals surface area contributed by atoms with Crippen LogP contribution in [0.4, 0.5) is 5.69 Å². The van der Waals surface area contributed by atoms with Gasteiger partial charge in [0.05, 0.1) is 42.7 Å². The normalized spacial score (nSPS) is 17.5. The van der Waals surface area contributed by atoms with Crippen LogP contribution in [-0.2, 0) is 9.53 Å². The number of hydrogen-bond acceptors (Lipinski definition) is 7. The summed E-state index contributed by atoms with van der Waals surface area (Å²) in [5.74, 6) is 0.186. The fourth-order valence-electron chi connectivity index (χ4n) is 3.94. The van der Waals surface area contributed by atoms with Crippen molar-refractivity contribution >= 4 is 34.5 Å². The van der Waals surface area contributed by atoms with E-state index in [0.29, 0.717) is 35.1 Å². The average Bonchev–Trinajstić information content (AvgIpc) is 3.43. The molecule has 3 heterocycles. The molecule has 2 aliphatic heterocycles. The number of carbonyl (C=O) groups is 1. The van der Waals surface area contributed by atoms with E-state index in [2.05, 4.69) is 10.5 Å². The number of fused-ring (bicyclic) bond motifs is 1. The highest BCUT2D eigenvalue weighted by Gasteiger charge is 2.31. The molecule has 1 fully saturated rings. The average molecular weight is 469 g/mol. The molecule has 8 nitrogen and oxygen atoms in total. The molecule has 0 bridgehead atoms. The maximum atomic E-state index is 12.6. The SMILES string of the molecule is COc1cc(C(O)=C2C(=O)Nc3cc(Cl)c(-c4ccc(OC5CCOCC5)cc4)cc32)on1. The molecular formula is C24H21ClN2O6. The molecule has 3 aromatic rings. The Kier molecular flexibility index (Phi) is 5.70. The van der Waals surface area contributed by atoms with E-state index in [-0.39, 0.29) is 29.1 Å². The van der Waals surface area contributed by atoms with Gasteiger partial charge in [-0.25, -0.2) is 0 Å². The quantitative estimate of drug-likeness (QED) is 0.403. The standard InChI is InChI=1S/C24H21ClN2O6/c1-30-21-12-20(33-27-21)23(28)22-17-10-16(18(25)11-19(17)26-24(22)29)13-2-4-14(5-3-13)32-15-6-8-31-9-7-15/h2-5,10-12,15,28H,6-9H2,1H3,(H,26,29). The van der Waals surface area contributed by atoms with Crippen molar-refractivity contribution in [2.75, 3.05) is 25.6 Å². The maximum Gasteiger partial charge on any atom is 0.260 e. The summed E-state index contributed by atoms with van der Waals surface area (Å²) >= 11 is 6.53. The minimum Gasteiger partial charge on any atom is -0.504 e. The van der Waals surface area contributed by atoms with Crippen molar-refractivity contribution in [2.24, 2.45) is 0 Å². The van der Waals surface area contributed by atoms with E-state index >= 15 is 0 Å². The van der Waals surface area contributed by atoms with Crippen LogP contribution in [0.15, 0.2) is 47.0 Å². The van der Waals surface area contributed by atoms with Crippen molar-refractivity contribution < 1.29 is 28.6 Å². The predicted molar refractivity (Wildman–Crippen MR) is 122 cm³/mol. The molecule has 1 saturated heterocycles. The smallest absolute Gasteiger partial charge is 0.260 e. The predicted octanol–water partition coefficient (Wildman–Crippen LogP) is 4.94. The topological polar surface area (TPSA) is 103 Å². The zero-order chi connectivity index (χ0) is 22.9. The molecule has 0 atom stereocenters. The summed E-state index contributed by atoms with van der Waals surface area (Å²) in [6.07, 6.45) is 1.89. The molecule has 2 aromatic carbocycles. The van der Waals surface area contributed by atoms with Gasteiger partial charge in [0.2, 0.25) is 5.76 Å². The fourth-order valence-corrected chi connectivity index (χ4v) is 4.21. The third-order valence-corrected chi connectivity index (χ3v) is 5.97. The Morgan fingerprint density at radius 2 is 1.91 bits per heavy atom. The van der Waals surface area contributed by atoms with E-state index in [1.54, 1.807) is 12.1 Å². The van der Waals surface area contributed by atoms with Gasteiger partial charge in [-0.3, -0.25) is 4.79 Å². The number of aliphatic hydroxyl groups is 1. The molecule has 0 radical (unpaired) electrons. The van der Waals surface area contributed by atoms with Gasteiger partial charge in [0, 0.05) is 24.0 Å². The number of benzene rings is 2. The molecule has 0 unspecified atom stereocenters. The minimum absolute atomic E-state index is 0.0240. The van der Waals surface area contributed by atoms with Crippen LogP contribution >= 0.6 is 11.6 Å². The van der Waals surface area contributed by atoms with Crippen LogP contribution in [0.2, 0.25) is 5.02 Å². The number of aliphatic hydroxyl groups excluding tert-OH is 1. The van der Waals surface area contributed by atoms with Crippen molar-refractivity contribution in [1.82, 2.24) is 5.16 Å². The fraction of sp³-hybridized carbons (Fsp3) is 0.250.